The Labute approximate surface area is 329 Å². The van der Waals surface area contributed by atoms with Gasteiger partial charge in [-0.2, -0.15) is 0 Å². The van der Waals surface area contributed by atoms with Gasteiger partial charge in [0.1, 0.15) is 11.2 Å². The molecule has 0 radical (unpaired) electrons. The molecule has 4 bridgehead atoms. The lowest BCUT2D eigenvalue weighted by Crippen LogP contribution is -2.31. The van der Waals surface area contributed by atoms with Crippen molar-refractivity contribution in [2.24, 2.45) is 17.8 Å². The van der Waals surface area contributed by atoms with E-state index in [1.165, 1.54) is 107 Å². The summed E-state index contributed by atoms with van der Waals surface area (Å²) in [5.41, 5.74) is 9.77. The van der Waals surface area contributed by atoms with Crippen molar-refractivity contribution in [3.63, 3.8) is 0 Å². The van der Waals surface area contributed by atoms with Gasteiger partial charge in [-0.05, 0) is 118 Å². The maximum atomic E-state index is 6.75. The van der Waals surface area contributed by atoms with Gasteiger partial charge in [0.15, 0.2) is 0 Å². The Hall–Kier alpha value is -5.90. The number of anilines is 3. The number of benzene rings is 8. The molecule has 56 heavy (non-hydrogen) atoms. The first-order valence-electron chi connectivity index (χ1n) is 20.4. The topological polar surface area (TPSA) is 16.4 Å². The lowest BCUT2D eigenvalue weighted by molar-refractivity contribution is 0.229. The molecule has 0 saturated heterocycles. The first-order valence-corrected chi connectivity index (χ1v) is 21.2. The zero-order valence-electron chi connectivity index (χ0n) is 31.0. The number of hydrogen-bond acceptors (Lipinski definition) is 3. The van der Waals surface area contributed by atoms with Gasteiger partial charge in [0.05, 0.1) is 11.4 Å². The van der Waals surface area contributed by atoms with Crippen LogP contribution in [0.15, 0.2) is 162 Å². The minimum Gasteiger partial charge on any atom is -0.456 e. The lowest BCUT2D eigenvalue weighted by Gasteiger charge is -2.39. The van der Waals surface area contributed by atoms with E-state index in [0.717, 1.165) is 34.6 Å². The molecule has 0 aliphatic heterocycles. The standard InChI is InChI=1S/C53H39NOS/c1-2-12-38-33(10-1)11-9-17-39(38)41-24-25-45(42-14-4-3-13-40(41)42)54(37-22-20-36(21-23-37)53-29-32-26-34(30-53)35(27-32)31-53)46-28-48-51(43-15-5-7-18-47(43)55-48)52-50(46)44-16-6-8-19-49(44)56-52/h1-25,28,32,34-35H,26-27,29-31H2. The third kappa shape index (κ3) is 4.38. The molecule has 4 fully saturated rings. The van der Waals surface area contributed by atoms with Crippen LogP contribution in [0.2, 0.25) is 0 Å². The van der Waals surface area contributed by atoms with Crippen molar-refractivity contribution in [2.45, 2.75) is 37.5 Å². The van der Waals surface area contributed by atoms with E-state index in [1.54, 1.807) is 5.56 Å². The summed E-state index contributed by atoms with van der Waals surface area (Å²) < 4.78 is 9.32. The highest BCUT2D eigenvalue weighted by Crippen LogP contribution is 2.65. The highest BCUT2D eigenvalue weighted by Gasteiger charge is 2.56. The number of rotatable bonds is 5. The Morgan fingerprint density at radius 1 is 0.518 bits per heavy atom. The Bertz CT molecular complexity index is 3200. The van der Waals surface area contributed by atoms with E-state index in [4.69, 9.17) is 4.42 Å². The Kier molecular flexibility index (Phi) is 6.47. The summed E-state index contributed by atoms with van der Waals surface area (Å²) >= 11 is 1.88. The third-order valence-corrected chi connectivity index (χ3v) is 15.3. The van der Waals surface area contributed by atoms with Crippen molar-refractivity contribution in [2.75, 3.05) is 4.90 Å². The summed E-state index contributed by atoms with van der Waals surface area (Å²) in [4.78, 5) is 2.54. The number of thiophene rings is 1. The summed E-state index contributed by atoms with van der Waals surface area (Å²) in [6, 6.07) is 58.8. The number of hydrogen-bond donors (Lipinski definition) is 0. The van der Waals surface area contributed by atoms with Gasteiger partial charge in [0, 0.05) is 48.1 Å². The summed E-state index contributed by atoms with van der Waals surface area (Å²) in [6.07, 6.45) is 7.06. The van der Waals surface area contributed by atoms with E-state index in [9.17, 15) is 0 Å². The monoisotopic (exact) mass is 737 g/mol. The second-order valence-corrected chi connectivity index (χ2v) is 18.1. The largest absolute Gasteiger partial charge is 0.456 e. The molecule has 14 rings (SSSR count). The summed E-state index contributed by atoms with van der Waals surface area (Å²) in [7, 11) is 0. The average Bonchev–Trinajstić information content (AvgIpc) is 3.96. The molecule has 0 amide bonds. The van der Waals surface area contributed by atoms with Crippen LogP contribution < -0.4 is 4.90 Å². The van der Waals surface area contributed by atoms with Gasteiger partial charge in [-0.25, -0.2) is 0 Å². The quantitative estimate of drug-likeness (QED) is 0.175. The van der Waals surface area contributed by atoms with Gasteiger partial charge in [-0.15, -0.1) is 11.3 Å². The molecule has 10 aromatic rings. The molecule has 2 aromatic heterocycles. The summed E-state index contributed by atoms with van der Waals surface area (Å²) in [5.74, 6) is 2.80. The van der Waals surface area contributed by atoms with Crippen LogP contribution in [0.25, 0.3) is 74.8 Å². The fourth-order valence-corrected chi connectivity index (χ4v) is 13.2. The Morgan fingerprint density at radius 2 is 1.20 bits per heavy atom. The van der Waals surface area contributed by atoms with Crippen molar-refractivity contribution in [1.82, 2.24) is 0 Å². The molecule has 2 atom stereocenters. The number of furan rings is 1. The van der Waals surface area contributed by atoms with E-state index in [0.29, 0.717) is 5.41 Å². The molecule has 2 nitrogen and oxygen atoms in total. The van der Waals surface area contributed by atoms with Crippen molar-refractivity contribution >= 4 is 92.1 Å². The molecular weight excluding hydrogens is 699 g/mol. The van der Waals surface area contributed by atoms with Crippen LogP contribution in [-0.4, -0.2) is 0 Å². The van der Waals surface area contributed by atoms with Gasteiger partial charge >= 0.3 is 0 Å². The summed E-state index contributed by atoms with van der Waals surface area (Å²) in [6.45, 7) is 0. The van der Waals surface area contributed by atoms with Gasteiger partial charge < -0.3 is 9.32 Å². The average molecular weight is 738 g/mol. The molecule has 4 aliphatic carbocycles. The number of para-hydroxylation sites is 1. The number of nitrogens with zero attached hydrogens (tertiary/aromatic N) is 1. The van der Waals surface area contributed by atoms with Gasteiger partial charge in [-0.1, -0.05) is 121 Å². The maximum absolute atomic E-state index is 6.75. The number of fused-ring (bicyclic) bond motifs is 9. The maximum Gasteiger partial charge on any atom is 0.138 e. The molecule has 268 valence electrons. The highest BCUT2D eigenvalue weighted by molar-refractivity contribution is 7.27. The fraction of sp³-hybridized carbons (Fsp3) is 0.170. The molecule has 4 saturated carbocycles. The highest BCUT2D eigenvalue weighted by atomic mass is 32.1. The first-order chi connectivity index (χ1) is 27.7. The van der Waals surface area contributed by atoms with Crippen LogP contribution in [0.3, 0.4) is 0 Å². The van der Waals surface area contributed by atoms with Crippen molar-refractivity contribution < 1.29 is 4.42 Å². The second-order valence-electron chi connectivity index (χ2n) is 17.0. The lowest BCUT2D eigenvalue weighted by atomic mass is 9.66. The molecule has 3 heteroatoms. The first kappa shape index (κ1) is 31.3. The van der Waals surface area contributed by atoms with Crippen molar-refractivity contribution in [3.05, 3.63) is 163 Å². The zero-order valence-corrected chi connectivity index (χ0v) is 31.9. The minimum atomic E-state index is 0.358. The molecular formula is C53H39NOS. The Morgan fingerprint density at radius 3 is 2.02 bits per heavy atom. The van der Waals surface area contributed by atoms with Crippen LogP contribution >= 0.6 is 11.3 Å². The molecule has 2 unspecified atom stereocenters. The van der Waals surface area contributed by atoms with Gasteiger partial charge in [0.25, 0.3) is 0 Å². The minimum absolute atomic E-state index is 0.358. The van der Waals surface area contributed by atoms with Gasteiger partial charge in [-0.3, -0.25) is 0 Å². The zero-order chi connectivity index (χ0) is 36.5. The summed E-state index contributed by atoms with van der Waals surface area (Å²) in [5, 5.41) is 9.94. The molecule has 0 spiro atoms. The SMILES string of the molecule is c1ccc2c(-c3ccc(N(c4ccc(C56CC7CC(C5)C(C7)C6)cc4)c4cc5oc6ccccc6c5c5sc6ccccc6c45)c4ccccc34)cccc2c1. The second kappa shape index (κ2) is 11.6. The predicted octanol–water partition coefficient (Wildman–Crippen LogP) is 15.5. The fourth-order valence-electron chi connectivity index (χ4n) is 12.0. The van der Waals surface area contributed by atoms with Crippen molar-refractivity contribution in [1.29, 1.82) is 0 Å². The molecule has 0 N–H and O–H groups in total. The molecule has 2 heterocycles. The predicted molar refractivity (Wildman–Crippen MR) is 237 cm³/mol. The Balaban J connectivity index is 1.09. The van der Waals surface area contributed by atoms with Crippen LogP contribution in [-0.2, 0) is 5.41 Å². The van der Waals surface area contributed by atoms with Crippen molar-refractivity contribution in [3.8, 4) is 11.1 Å². The molecule has 8 aromatic carbocycles. The van der Waals surface area contributed by atoms with Crippen LogP contribution in [0.1, 0.15) is 37.7 Å². The van der Waals surface area contributed by atoms with E-state index in [1.807, 2.05) is 11.3 Å². The normalized spacial score (nSPS) is 21.5. The van der Waals surface area contributed by atoms with Crippen LogP contribution in [0, 0.1) is 17.8 Å². The van der Waals surface area contributed by atoms with E-state index < -0.39 is 0 Å². The van der Waals surface area contributed by atoms with E-state index >= 15 is 0 Å². The smallest absolute Gasteiger partial charge is 0.138 e. The van der Waals surface area contributed by atoms with Gasteiger partial charge in [0.2, 0.25) is 0 Å². The van der Waals surface area contributed by atoms with E-state index in [2.05, 4.69) is 163 Å². The molecule has 4 aliphatic rings. The van der Waals surface area contributed by atoms with Crippen LogP contribution in [0.4, 0.5) is 17.1 Å². The van der Waals surface area contributed by atoms with Crippen LogP contribution in [0.5, 0.6) is 0 Å². The third-order valence-electron chi connectivity index (χ3n) is 14.1. The van der Waals surface area contributed by atoms with E-state index in [-0.39, 0.29) is 0 Å².